The Morgan fingerprint density at radius 2 is 1.36 bits per heavy atom. The lowest BCUT2D eigenvalue weighted by Crippen LogP contribution is -2.52. The SMILES string of the molecule is COc1ccc(OP(=S)(OC[C@@]2(C(F)F)O[C@@H](C)[C@H](O)[C@H]2O)Oc2ccc(OC)cc2)cc1. The lowest BCUT2D eigenvalue weighted by molar-refractivity contribution is -0.179. The smallest absolute Gasteiger partial charge is 0.435 e. The van der Waals surface area contributed by atoms with Crippen molar-refractivity contribution in [1.29, 1.82) is 0 Å². The number of ether oxygens (including phenoxy) is 3. The number of halogens is 2. The van der Waals surface area contributed by atoms with E-state index < -0.39 is 43.7 Å². The number of alkyl halides is 2. The van der Waals surface area contributed by atoms with Crippen LogP contribution in [0.25, 0.3) is 0 Å². The minimum atomic E-state index is -3.77. The Balaban J connectivity index is 1.87. The average molecular weight is 506 g/mol. The number of aliphatic hydroxyl groups is 2. The van der Waals surface area contributed by atoms with Crippen molar-refractivity contribution in [2.45, 2.75) is 37.3 Å². The number of hydrogen-bond acceptors (Lipinski definition) is 9. The van der Waals surface area contributed by atoms with Crippen LogP contribution in [0.3, 0.4) is 0 Å². The summed E-state index contributed by atoms with van der Waals surface area (Å²) in [5, 5.41) is 20.3. The van der Waals surface area contributed by atoms with E-state index in [0.717, 1.165) is 0 Å². The summed E-state index contributed by atoms with van der Waals surface area (Å²) in [6.07, 6.45) is -7.65. The molecule has 0 saturated carbocycles. The average Bonchev–Trinajstić information content (AvgIpc) is 3.03. The Kier molecular flexibility index (Phi) is 8.15. The molecule has 2 N–H and O–H groups in total. The maximum atomic E-state index is 14.0. The van der Waals surface area contributed by atoms with E-state index in [1.165, 1.54) is 21.1 Å². The second kappa shape index (κ2) is 10.5. The zero-order chi connectivity index (χ0) is 24.2. The van der Waals surface area contributed by atoms with E-state index in [1.807, 2.05) is 0 Å². The summed E-state index contributed by atoms with van der Waals surface area (Å²) >= 11 is 5.49. The Morgan fingerprint density at radius 1 is 0.939 bits per heavy atom. The quantitative estimate of drug-likeness (QED) is 0.469. The molecule has 0 radical (unpaired) electrons. The van der Waals surface area contributed by atoms with Gasteiger partial charge in [0.2, 0.25) is 0 Å². The van der Waals surface area contributed by atoms with Gasteiger partial charge in [-0.25, -0.2) is 8.78 Å². The monoisotopic (exact) mass is 506 g/mol. The zero-order valence-corrected chi connectivity index (χ0v) is 19.8. The highest BCUT2D eigenvalue weighted by Gasteiger charge is 2.59. The van der Waals surface area contributed by atoms with Gasteiger partial charge in [0, 0.05) is 11.8 Å². The molecule has 4 atom stereocenters. The molecule has 2 aromatic rings. The normalized spacial score (nSPS) is 25.2. The number of aliphatic hydroxyl groups excluding tert-OH is 2. The highest BCUT2D eigenvalue weighted by Crippen LogP contribution is 2.52. The van der Waals surface area contributed by atoms with Crippen LogP contribution in [0.4, 0.5) is 8.78 Å². The fourth-order valence-corrected chi connectivity index (χ4v) is 5.11. The maximum absolute atomic E-state index is 14.0. The predicted octanol–water partition coefficient (Wildman–Crippen LogP) is 3.55. The third-order valence-corrected chi connectivity index (χ3v) is 7.16. The van der Waals surface area contributed by atoms with Gasteiger partial charge in [0.05, 0.1) is 26.9 Å². The van der Waals surface area contributed by atoms with Crippen LogP contribution in [0, 0.1) is 0 Å². The van der Waals surface area contributed by atoms with Gasteiger partial charge in [0.25, 0.3) is 6.43 Å². The first-order valence-electron chi connectivity index (χ1n) is 9.86. The molecule has 1 aliphatic rings. The number of methoxy groups -OCH3 is 2. The lowest BCUT2D eigenvalue weighted by atomic mass is 9.96. The van der Waals surface area contributed by atoms with Crippen LogP contribution in [0.5, 0.6) is 23.0 Å². The summed E-state index contributed by atoms with van der Waals surface area (Å²) in [6.45, 7) is -3.27. The second-order valence-electron chi connectivity index (χ2n) is 7.27. The van der Waals surface area contributed by atoms with Crippen LogP contribution in [0.2, 0.25) is 0 Å². The molecule has 0 aliphatic carbocycles. The molecule has 182 valence electrons. The molecule has 0 unspecified atom stereocenters. The van der Waals surface area contributed by atoms with E-state index in [0.29, 0.717) is 11.5 Å². The largest absolute Gasteiger partial charge is 0.497 e. The predicted molar refractivity (Wildman–Crippen MR) is 119 cm³/mol. The first-order valence-corrected chi connectivity index (χ1v) is 12.4. The van der Waals surface area contributed by atoms with Gasteiger partial charge < -0.3 is 33.5 Å². The summed E-state index contributed by atoms with van der Waals surface area (Å²) in [4.78, 5) is 0. The molecule has 8 nitrogen and oxygen atoms in total. The summed E-state index contributed by atoms with van der Waals surface area (Å²) in [7, 11) is 3.00. The third kappa shape index (κ3) is 5.74. The Labute approximate surface area is 195 Å². The topological polar surface area (TPSA) is 95.8 Å². The van der Waals surface area contributed by atoms with Crippen molar-refractivity contribution >= 4 is 18.5 Å². The highest BCUT2D eigenvalue weighted by molar-refractivity contribution is 8.07. The molecule has 1 fully saturated rings. The minimum absolute atomic E-state index is 0.250. The molecule has 12 heteroatoms. The summed E-state index contributed by atoms with van der Waals surface area (Å²) in [5.74, 6) is 1.63. The third-order valence-electron chi connectivity index (χ3n) is 5.08. The van der Waals surface area contributed by atoms with Crippen LogP contribution in [-0.4, -0.2) is 61.4 Å². The molecule has 1 saturated heterocycles. The van der Waals surface area contributed by atoms with E-state index in [1.54, 1.807) is 48.5 Å². The van der Waals surface area contributed by atoms with Crippen molar-refractivity contribution in [3.05, 3.63) is 48.5 Å². The van der Waals surface area contributed by atoms with Crippen molar-refractivity contribution in [2.24, 2.45) is 0 Å². The Morgan fingerprint density at radius 3 is 1.70 bits per heavy atom. The number of hydrogen-bond donors (Lipinski definition) is 2. The lowest BCUT2D eigenvalue weighted by Gasteiger charge is -2.33. The summed E-state index contributed by atoms with van der Waals surface area (Å²) in [5.41, 5.74) is -2.50. The highest BCUT2D eigenvalue weighted by atomic mass is 32.5. The molecule has 0 amide bonds. The fraction of sp³-hybridized carbons (Fsp3) is 0.429. The maximum Gasteiger partial charge on any atom is 0.435 e. The molecular formula is C21H25F2O8PS. The van der Waals surface area contributed by atoms with E-state index in [2.05, 4.69) is 0 Å². The second-order valence-corrected chi connectivity index (χ2v) is 10.1. The van der Waals surface area contributed by atoms with Crippen molar-refractivity contribution < 1.29 is 46.8 Å². The van der Waals surface area contributed by atoms with Crippen molar-refractivity contribution in [1.82, 2.24) is 0 Å². The van der Waals surface area contributed by atoms with Gasteiger partial charge in [-0.3, -0.25) is 4.52 Å². The van der Waals surface area contributed by atoms with Gasteiger partial charge in [0.1, 0.15) is 35.2 Å². The molecule has 0 aromatic heterocycles. The molecule has 2 aromatic carbocycles. The van der Waals surface area contributed by atoms with Crippen LogP contribution in [0.1, 0.15) is 6.92 Å². The van der Waals surface area contributed by atoms with Gasteiger partial charge in [-0.05, 0) is 55.5 Å². The molecular weight excluding hydrogens is 481 g/mol. The number of benzene rings is 2. The van der Waals surface area contributed by atoms with Crippen LogP contribution in [0.15, 0.2) is 48.5 Å². The Bertz CT molecular complexity index is 908. The molecule has 0 bridgehead atoms. The van der Waals surface area contributed by atoms with Gasteiger partial charge in [-0.1, -0.05) is 0 Å². The van der Waals surface area contributed by atoms with Crippen molar-refractivity contribution in [3.63, 3.8) is 0 Å². The minimum Gasteiger partial charge on any atom is -0.497 e. The first-order chi connectivity index (χ1) is 15.6. The zero-order valence-electron chi connectivity index (χ0n) is 18.1. The van der Waals surface area contributed by atoms with Crippen LogP contribution < -0.4 is 18.5 Å². The Hall–Kier alpha value is -2.01. The molecule has 1 heterocycles. The van der Waals surface area contributed by atoms with E-state index in [9.17, 15) is 19.0 Å². The molecule has 1 aliphatic heterocycles. The van der Waals surface area contributed by atoms with Gasteiger partial charge in [-0.15, -0.1) is 0 Å². The fourth-order valence-electron chi connectivity index (χ4n) is 3.18. The first kappa shape index (κ1) is 25.6. The van der Waals surface area contributed by atoms with E-state index in [-0.39, 0.29) is 11.5 Å². The summed E-state index contributed by atoms with van der Waals surface area (Å²) < 4.78 is 60.6. The van der Waals surface area contributed by atoms with E-state index >= 15 is 0 Å². The summed E-state index contributed by atoms with van der Waals surface area (Å²) in [6, 6.07) is 12.7. The molecule has 33 heavy (non-hydrogen) atoms. The van der Waals surface area contributed by atoms with Gasteiger partial charge in [-0.2, -0.15) is 0 Å². The van der Waals surface area contributed by atoms with Crippen molar-refractivity contribution in [2.75, 3.05) is 20.8 Å². The van der Waals surface area contributed by atoms with Crippen LogP contribution in [-0.2, 0) is 21.1 Å². The van der Waals surface area contributed by atoms with Gasteiger partial charge >= 0.3 is 6.72 Å². The van der Waals surface area contributed by atoms with Crippen molar-refractivity contribution in [3.8, 4) is 23.0 Å². The standard InChI is InChI=1S/C21H25F2O8PS/c1-13-18(24)19(25)21(29-13,20(22)23)12-28-32(33,30-16-8-4-14(26-2)5-9-16)31-17-10-6-15(27-3)7-11-17/h4-11,13,18-20,24-25H,12H2,1-3H3/t13-,18-,19+,21+/m0/s1. The number of rotatable bonds is 10. The van der Waals surface area contributed by atoms with Gasteiger partial charge in [0.15, 0.2) is 5.60 Å². The van der Waals surface area contributed by atoms with Crippen LogP contribution >= 0.6 is 6.72 Å². The van der Waals surface area contributed by atoms with E-state index in [4.69, 9.17) is 39.6 Å². The molecule has 3 rings (SSSR count). The molecule has 0 spiro atoms.